The van der Waals surface area contributed by atoms with E-state index in [2.05, 4.69) is 4.90 Å². The molecule has 17 heavy (non-hydrogen) atoms. The third-order valence-corrected chi connectivity index (χ3v) is 3.25. The predicted molar refractivity (Wildman–Crippen MR) is 71.8 cm³/mol. The Morgan fingerprint density at radius 2 is 1.88 bits per heavy atom. The van der Waals surface area contributed by atoms with E-state index in [-0.39, 0.29) is 6.10 Å². The summed E-state index contributed by atoms with van der Waals surface area (Å²) in [7, 11) is 0. The molecule has 1 atom stereocenters. The lowest BCUT2D eigenvalue weighted by molar-refractivity contribution is 0.189. The maximum absolute atomic E-state index is 9.86. The first-order chi connectivity index (χ1) is 8.34. The molecule has 1 fully saturated rings. The van der Waals surface area contributed by atoms with Crippen molar-refractivity contribution < 1.29 is 5.11 Å². The normalized spacial score (nSPS) is 18.9. The molecule has 0 aromatic heterocycles. The van der Waals surface area contributed by atoms with Crippen molar-refractivity contribution in [1.82, 2.24) is 4.90 Å². The number of hydrogen-bond acceptors (Lipinski definition) is 2. The fourth-order valence-corrected chi connectivity index (χ4v) is 2.20. The van der Waals surface area contributed by atoms with Gasteiger partial charge in [-0.1, -0.05) is 42.5 Å². The van der Waals surface area contributed by atoms with Crippen molar-refractivity contribution in [3.63, 3.8) is 0 Å². The van der Waals surface area contributed by atoms with Gasteiger partial charge < -0.3 is 10.0 Å². The van der Waals surface area contributed by atoms with E-state index in [0.29, 0.717) is 0 Å². The van der Waals surface area contributed by atoms with Gasteiger partial charge in [-0.15, -0.1) is 0 Å². The molecule has 1 saturated heterocycles. The zero-order valence-electron chi connectivity index (χ0n) is 10.3. The summed E-state index contributed by atoms with van der Waals surface area (Å²) in [6, 6.07) is 10.1. The van der Waals surface area contributed by atoms with Gasteiger partial charge in [0.25, 0.3) is 0 Å². The number of aliphatic hydroxyl groups excluding tert-OH is 1. The predicted octanol–water partition coefficient (Wildman–Crippen LogP) is 2.55. The summed E-state index contributed by atoms with van der Waals surface area (Å²) >= 11 is 0. The quantitative estimate of drug-likeness (QED) is 0.842. The lowest BCUT2D eigenvalue weighted by atomic mass is 10.1. The van der Waals surface area contributed by atoms with Gasteiger partial charge in [0.2, 0.25) is 0 Å². The molecule has 1 aliphatic rings. The van der Waals surface area contributed by atoms with Gasteiger partial charge in [-0.05, 0) is 37.9 Å². The van der Waals surface area contributed by atoms with E-state index in [1.807, 2.05) is 42.5 Å². The van der Waals surface area contributed by atoms with Crippen molar-refractivity contribution in [1.29, 1.82) is 0 Å². The number of benzene rings is 1. The molecule has 0 spiro atoms. The van der Waals surface area contributed by atoms with Crippen LogP contribution in [0.25, 0.3) is 6.08 Å². The Morgan fingerprint density at radius 1 is 1.18 bits per heavy atom. The molecule has 2 rings (SSSR count). The molecule has 1 aromatic rings. The van der Waals surface area contributed by atoms with Crippen LogP contribution in [0, 0.1) is 0 Å². The van der Waals surface area contributed by atoms with Crippen molar-refractivity contribution in [3.05, 3.63) is 42.0 Å². The molecule has 2 nitrogen and oxygen atoms in total. The Morgan fingerprint density at radius 3 is 2.59 bits per heavy atom. The first-order valence-electron chi connectivity index (χ1n) is 6.48. The fourth-order valence-electron chi connectivity index (χ4n) is 2.20. The highest BCUT2D eigenvalue weighted by Gasteiger charge is 2.11. The van der Waals surface area contributed by atoms with Crippen molar-refractivity contribution in [3.8, 4) is 0 Å². The second-order valence-electron chi connectivity index (χ2n) is 4.67. The number of hydrogen-bond donors (Lipinski definition) is 1. The molecule has 92 valence electrons. The Labute approximate surface area is 104 Å². The van der Waals surface area contributed by atoms with Crippen LogP contribution in [0.5, 0.6) is 0 Å². The van der Waals surface area contributed by atoms with E-state index < -0.39 is 0 Å². The summed E-state index contributed by atoms with van der Waals surface area (Å²) in [4.78, 5) is 2.43. The highest BCUT2D eigenvalue weighted by molar-refractivity contribution is 5.49. The van der Waals surface area contributed by atoms with Crippen molar-refractivity contribution in [2.45, 2.75) is 25.4 Å². The van der Waals surface area contributed by atoms with Gasteiger partial charge >= 0.3 is 0 Å². The van der Waals surface area contributed by atoms with E-state index in [1.165, 1.54) is 25.9 Å². The minimum atomic E-state index is -0.323. The molecular formula is C15H21NO. The summed E-state index contributed by atoms with van der Waals surface area (Å²) in [5, 5.41) is 9.86. The van der Waals surface area contributed by atoms with Crippen LogP contribution < -0.4 is 0 Å². The topological polar surface area (TPSA) is 23.5 Å². The standard InChI is InChI=1S/C15H21NO/c17-15(10-13-16-11-4-5-12-16)9-8-14-6-2-1-3-7-14/h1-3,6-9,15,17H,4-5,10-13H2/b9-8+/t15-/m1/s1. The van der Waals surface area contributed by atoms with Crippen molar-refractivity contribution in [2.24, 2.45) is 0 Å². The average Bonchev–Trinajstić information content (AvgIpc) is 2.88. The van der Waals surface area contributed by atoms with Crippen molar-refractivity contribution >= 4 is 6.08 Å². The van der Waals surface area contributed by atoms with E-state index in [9.17, 15) is 5.11 Å². The van der Waals surface area contributed by atoms with Crippen LogP contribution in [0.15, 0.2) is 36.4 Å². The number of rotatable bonds is 5. The average molecular weight is 231 g/mol. The number of likely N-dealkylation sites (tertiary alicyclic amines) is 1. The zero-order chi connectivity index (χ0) is 11.9. The SMILES string of the molecule is O[C@H](/C=C/c1ccccc1)CCN1CCCC1. The Bertz CT molecular complexity index is 341. The van der Waals surface area contributed by atoms with Gasteiger partial charge in [0.1, 0.15) is 0 Å². The number of aliphatic hydroxyl groups is 1. The Kier molecular flexibility index (Phi) is 4.77. The van der Waals surface area contributed by atoms with Crippen LogP contribution in [-0.2, 0) is 0 Å². The van der Waals surface area contributed by atoms with Crippen LogP contribution in [0.1, 0.15) is 24.8 Å². The molecule has 0 aliphatic carbocycles. The van der Waals surface area contributed by atoms with Gasteiger partial charge in [-0.3, -0.25) is 0 Å². The smallest absolute Gasteiger partial charge is 0.0736 e. The first-order valence-corrected chi connectivity index (χ1v) is 6.48. The molecule has 0 unspecified atom stereocenters. The van der Waals surface area contributed by atoms with Gasteiger partial charge in [0.05, 0.1) is 6.10 Å². The highest BCUT2D eigenvalue weighted by atomic mass is 16.3. The molecule has 1 aromatic carbocycles. The molecule has 0 amide bonds. The van der Waals surface area contributed by atoms with E-state index in [0.717, 1.165) is 18.5 Å². The fraction of sp³-hybridized carbons (Fsp3) is 0.467. The highest BCUT2D eigenvalue weighted by Crippen LogP contribution is 2.09. The van der Waals surface area contributed by atoms with E-state index in [1.54, 1.807) is 0 Å². The zero-order valence-corrected chi connectivity index (χ0v) is 10.3. The molecule has 1 heterocycles. The third-order valence-electron chi connectivity index (χ3n) is 3.25. The van der Waals surface area contributed by atoms with Crippen LogP contribution in [0.2, 0.25) is 0 Å². The molecule has 1 aliphatic heterocycles. The van der Waals surface area contributed by atoms with Crippen LogP contribution >= 0.6 is 0 Å². The molecule has 2 heteroatoms. The largest absolute Gasteiger partial charge is 0.389 e. The molecule has 0 saturated carbocycles. The molecule has 1 N–H and O–H groups in total. The number of nitrogens with zero attached hydrogens (tertiary/aromatic N) is 1. The lowest BCUT2D eigenvalue weighted by Crippen LogP contribution is -2.23. The summed E-state index contributed by atoms with van der Waals surface area (Å²) in [5.74, 6) is 0. The summed E-state index contributed by atoms with van der Waals surface area (Å²) in [5.41, 5.74) is 1.15. The minimum Gasteiger partial charge on any atom is -0.389 e. The molecule has 0 bridgehead atoms. The monoisotopic (exact) mass is 231 g/mol. The molecular weight excluding hydrogens is 210 g/mol. The van der Waals surface area contributed by atoms with Crippen LogP contribution in [-0.4, -0.2) is 35.7 Å². The second-order valence-corrected chi connectivity index (χ2v) is 4.67. The second kappa shape index (κ2) is 6.58. The van der Waals surface area contributed by atoms with Gasteiger partial charge in [-0.2, -0.15) is 0 Å². The third kappa shape index (κ3) is 4.33. The minimum absolute atomic E-state index is 0.323. The first kappa shape index (κ1) is 12.3. The van der Waals surface area contributed by atoms with Gasteiger partial charge in [-0.25, -0.2) is 0 Å². The maximum atomic E-state index is 9.86. The molecule has 0 radical (unpaired) electrons. The van der Waals surface area contributed by atoms with Gasteiger partial charge in [0, 0.05) is 6.54 Å². The van der Waals surface area contributed by atoms with E-state index >= 15 is 0 Å². The summed E-state index contributed by atoms with van der Waals surface area (Å²) in [6.07, 6.45) is 7.03. The van der Waals surface area contributed by atoms with Crippen LogP contribution in [0.4, 0.5) is 0 Å². The summed E-state index contributed by atoms with van der Waals surface area (Å²) < 4.78 is 0. The Hall–Kier alpha value is -1.12. The van der Waals surface area contributed by atoms with Crippen molar-refractivity contribution in [2.75, 3.05) is 19.6 Å². The summed E-state index contributed by atoms with van der Waals surface area (Å²) in [6.45, 7) is 3.42. The Balaban J connectivity index is 1.73. The maximum Gasteiger partial charge on any atom is 0.0736 e. The van der Waals surface area contributed by atoms with E-state index in [4.69, 9.17) is 0 Å². The van der Waals surface area contributed by atoms with Gasteiger partial charge in [0.15, 0.2) is 0 Å². The van der Waals surface area contributed by atoms with Crippen LogP contribution in [0.3, 0.4) is 0 Å². The lowest BCUT2D eigenvalue weighted by Gasteiger charge is -2.15.